The summed E-state index contributed by atoms with van der Waals surface area (Å²) in [5, 5.41) is 5.32. The molecule has 1 aromatic carbocycles. The number of furan rings is 1. The van der Waals surface area contributed by atoms with Crippen LogP contribution in [0.25, 0.3) is 0 Å². The smallest absolute Gasteiger partial charge is 0.233 e. The summed E-state index contributed by atoms with van der Waals surface area (Å²) in [5.41, 5.74) is 0.546. The SMILES string of the molecule is CC(C)Oc1ccccc1NC(=O)CC(=O)NCc1ccco1. The van der Waals surface area contributed by atoms with Crippen molar-refractivity contribution in [2.75, 3.05) is 5.32 Å². The van der Waals surface area contributed by atoms with Crippen molar-refractivity contribution in [1.29, 1.82) is 0 Å². The van der Waals surface area contributed by atoms with Gasteiger partial charge in [-0.3, -0.25) is 9.59 Å². The third-order valence-electron chi connectivity index (χ3n) is 2.88. The third kappa shape index (κ3) is 5.50. The molecule has 0 radical (unpaired) electrons. The highest BCUT2D eigenvalue weighted by Gasteiger charge is 2.12. The number of carbonyl (C=O) groups excluding carboxylic acids is 2. The van der Waals surface area contributed by atoms with Crippen LogP contribution in [-0.4, -0.2) is 17.9 Å². The molecule has 0 aliphatic rings. The Morgan fingerprint density at radius 1 is 1.13 bits per heavy atom. The van der Waals surface area contributed by atoms with Crippen molar-refractivity contribution >= 4 is 17.5 Å². The second-order valence-electron chi connectivity index (χ2n) is 5.24. The number of amides is 2. The molecular formula is C17H20N2O4. The Morgan fingerprint density at radius 2 is 1.91 bits per heavy atom. The van der Waals surface area contributed by atoms with Crippen molar-refractivity contribution in [3.8, 4) is 5.75 Å². The standard InChI is InChI=1S/C17H20N2O4/c1-12(2)23-15-8-4-3-7-14(15)19-17(21)10-16(20)18-11-13-6-5-9-22-13/h3-9,12H,10-11H2,1-2H3,(H,18,20)(H,19,21). The van der Waals surface area contributed by atoms with Gasteiger partial charge in [-0.05, 0) is 38.1 Å². The van der Waals surface area contributed by atoms with E-state index in [1.807, 2.05) is 19.9 Å². The highest BCUT2D eigenvalue weighted by molar-refractivity contribution is 6.04. The fraction of sp³-hybridized carbons (Fsp3) is 0.294. The molecule has 2 N–H and O–H groups in total. The van der Waals surface area contributed by atoms with Crippen LogP contribution < -0.4 is 15.4 Å². The minimum absolute atomic E-state index is 0.00959. The Hall–Kier alpha value is -2.76. The lowest BCUT2D eigenvalue weighted by atomic mass is 10.2. The van der Waals surface area contributed by atoms with Crippen molar-refractivity contribution in [1.82, 2.24) is 5.32 Å². The molecule has 0 bridgehead atoms. The maximum atomic E-state index is 12.0. The van der Waals surface area contributed by atoms with Crippen molar-refractivity contribution in [3.05, 3.63) is 48.4 Å². The Labute approximate surface area is 134 Å². The number of para-hydroxylation sites is 2. The van der Waals surface area contributed by atoms with Gasteiger partial charge in [0.25, 0.3) is 0 Å². The monoisotopic (exact) mass is 316 g/mol. The number of ether oxygens (including phenoxy) is 1. The molecule has 1 heterocycles. The first-order valence-corrected chi connectivity index (χ1v) is 7.39. The molecule has 0 aliphatic heterocycles. The lowest BCUT2D eigenvalue weighted by Gasteiger charge is -2.14. The minimum Gasteiger partial charge on any atom is -0.489 e. The van der Waals surface area contributed by atoms with Crippen LogP contribution >= 0.6 is 0 Å². The van der Waals surface area contributed by atoms with Crippen molar-refractivity contribution < 1.29 is 18.7 Å². The van der Waals surface area contributed by atoms with Crippen LogP contribution in [0.5, 0.6) is 5.75 Å². The Bertz CT molecular complexity index is 650. The van der Waals surface area contributed by atoms with Gasteiger partial charge >= 0.3 is 0 Å². The van der Waals surface area contributed by atoms with E-state index in [4.69, 9.17) is 9.15 Å². The Morgan fingerprint density at radius 3 is 2.61 bits per heavy atom. The maximum Gasteiger partial charge on any atom is 0.233 e. The number of nitrogens with one attached hydrogen (secondary N) is 2. The van der Waals surface area contributed by atoms with Gasteiger partial charge in [-0.1, -0.05) is 12.1 Å². The first-order valence-electron chi connectivity index (χ1n) is 7.39. The maximum absolute atomic E-state index is 12.0. The van der Waals surface area contributed by atoms with Crippen LogP contribution in [-0.2, 0) is 16.1 Å². The van der Waals surface area contributed by atoms with Gasteiger partial charge < -0.3 is 19.8 Å². The molecule has 0 fully saturated rings. The summed E-state index contributed by atoms with van der Waals surface area (Å²) < 4.78 is 10.7. The van der Waals surface area contributed by atoms with Crippen LogP contribution in [0.4, 0.5) is 5.69 Å². The number of benzene rings is 1. The van der Waals surface area contributed by atoms with E-state index in [0.29, 0.717) is 17.2 Å². The summed E-state index contributed by atoms with van der Waals surface area (Å²) in [6.07, 6.45) is 1.25. The fourth-order valence-corrected chi connectivity index (χ4v) is 1.93. The molecule has 2 rings (SSSR count). The molecule has 6 nitrogen and oxygen atoms in total. The van der Waals surface area contributed by atoms with E-state index in [9.17, 15) is 9.59 Å². The van der Waals surface area contributed by atoms with Gasteiger partial charge in [0.1, 0.15) is 17.9 Å². The molecule has 0 atom stereocenters. The van der Waals surface area contributed by atoms with Crippen LogP contribution in [0.3, 0.4) is 0 Å². The topological polar surface area (TPSA) is 80.6 Å². The number of anilines is 1. The quantitative estimate of drug-likeness (QED) is 0.770. The third-order valence-corrected chi connectivity index (χ3v) is 2.88. The summed E-state index contributed by atoms with van der Waals surface area (Å²) in [4.78, 5) is 23.7. The van der Waals surface area contributed by atoms with E-state index >= 15 is 0 Å². The summed E-state index contributed by atoms with van der Waals surface area (Å²) in [7, 11) is 0. The van der Waals surface area contributed by atoms with Crippen LogP contribution in [0, 0.1) is 0 Å². The van der Waals surface area contributed by atoms with Gasteiger partial charge in [-0.15, -0.1) is 0 Å². The van der Waals surface area contributed by atoms with E-state index in [1.54, 1.807) is 30.3 Å². The molecule has 0 saturated heterocycles. The first kappa shape index (κ1) is 16.6. The van der Waals surface area contributed by atoms with Crippen molar-refractivity contribution in [2.45, 2.75) is 32.9 Å². The van der Waals surface area contributed by atoms with Gasteiger partial charge in [0.15, 0.2) is 0 Å². The summed E-state index contributed by atoms with van der Waals surface area (Å²) in [6.45, 7) is 4.06. The minimum atomic E-state index is -0.401. The summed E-state index contributed by atoms with van der Waals surface area (Å²) in [5.74, 6) is 0.434. The van der Waals surface area contributed by atoms with Crippen molar-refractivity contribution in [2.24, 2.45) is 0 Å². The average molecular weight is 316 g/mol. The van der Waals surface area contributed by atoms with E-state index in [1.165, 1.54) is 6.26 Å². The zero-order chi connectivity index (χ0) is 16.7. The fourth-order valence-electron chi connectivity index (χ4n) is 1.93. The number of hydrogen-bond acceptors (Lipinski definition) is 4. The predicted molar refractivity (Wildman–Crippen MR) is 86.0 cm³/mol. The lowest BCUT2D eigenvalue weighted by molar-refractivity contribution is -0.127. The van der Waals surface area contributed by atoms with E-state index in [-0.39, 0.29) is 25.0 Å². The van der Waals surface area contributed by atoms with Crippen LogP contribution in [0.15, 0.2) is 47.1 Å². The van der Waals surface area contributed by atoms with Gasteiger partial charge in [0.05, 0.1) is 24.6 Å². The molecule has 0 unspecified atom stereocenters. The van der Waals surface area contributed by atoms with E-state index < -0.39 is 5.91 Å². The molecular weight excluding hydrogens is 296 g/mol. The Kier molecular flexibility index (Phi) is 5.80. The molecule has 1 aromatic heterocycles. The number of carbonyl (C=O) groups is 2. The van der Waals surface area contributed by atoms with E-state index in [2.05, 4.69) is 10.6 Å². The highest BCUT2D eigenvalue weighted by Crippen LogP contribution is 2.24. The Balaban J connectivity index is 1.85. The summed E-state index contributed by atoms with van der Waals surface area (Å²) >= 11 is 0. The molecule has 2 aromatic rings. The average Bonchev–Trinajstić information content (AvgIpc) is 3.00. The molecule has 6 heteroatoms. The first-order chi connectivity index (χ1) is 11.0. The van der Waals surface area contributed by atoms with Crippen molar-refractivity contribution in [3.63, 3.8) is 0 Å². The molecule has 0 spiro atoms. The zero-order valence-corrected chi connectivity index (χ0v) is 13.2. The summed E-state index contributed by atoms with van der Waals surface area (Å²) in [6, 6.07) is 10.6. The van der Waals surface area contributed by atoms with Crippen LogP contribution in [0.2, 0.25) is 0 Å². The molecule has 0 saturated carbocycles. The molecule has 2 amide bonds. The molecule has 23 heavy (non-hydrogen) atoms. The molecule has 122 valence electrons. The number of hydrogen-bond donors (Lipinski definition) is 2. The normalized spacial score (nSPS) is 10.4. The highest BCUT2D eigenvalue weighted by atomic mass is 16.5. The number of rotatable bonds is 7. The zero-order valence-electron chi connectivity index (χ0n) is 13.2. The second-order valence-corrected chi connectivity index (χ2v) is 5.24. The van der Waals surface area contributed by atoms with Gasteiger partial charge in [0.2, 0.25) is 11.8 Å². The lowest BCUT2D eigenvalue weighted by Crippen LogP contribution is -2.27. The largest absolute Gasteiger partial charge is 0.489 e. The van der Waals surface area contributed by atoms with Gasteiger partial charge in [0, 0.05) is 0 Å². The van der Waals surface area contributed by atoms with Gasteiger partial charge in [-0.25, -0.2) is 0 Å². The van der Waals surface area contributed by atoms with Gasteiger partial charge in [-0.2, -0.15) is 0 Å². The van der Waals surface area contributed by atoms with Crippen LogP contribution in [0.1, 0.15) is 26.0 Å². The molecule has 0 aliphatic carbocycles. The van der Waals surface area contributed by atoms with E-state index in [0.717, 1.165) is 0 Å². The second kappa shape index (κ2) is 8.03. The predicted octanol–water partition coefficient (Wildman–Crippen LogP) is 2.71.